The number of para-hydroxylation sites is 1. The van der Waals surface area contributed by atoms with Crippen LogP contribution < -0.4 is 11.1 Å². The highest BCUT2D eigenvalue weighted by Crippen LogP contribution is 2.26. The van der Waals surface area contributed by atoms with Gasteiger partial charge in [0, 0.05) is 18.2 Å². The molecule has 1 atom stereocenters. The molecule has 110 valence electrons. The number of nitrogens with two attached hydrogens (primary N) is 1. The number of carbonyl (C=O) groups excluding carboxylic acids is 1. The Labute approximate surface area is 120 Å². The predicted molar refractivity (Wildman–Crippen MR) is 79.4 cm³/mol. The Hall–Kier alpha value is -1.55. The highest BCUT2D eigenvalue weighted by atomic mass is 16.3. The Morgan fingerprint density at radius 3 is 2.65 bits per heavy atom. The molecule has 1 aromatic carbocycles. The molecule has 0 heterocycles. The number of phenols is 1. The first-order valence-corrected chi connectivity index (χ1v) is 7.47. The van der Waals surface area contributed by atoms with Crippen molar-refractivity contribution >= 4 is 5.91 Å². The van der Waals surface area contributed by atoms with Gasteiger partial charge in [-0.2, -0.15) is 0 Å². The van der Waals surface area contributed by atoms with Gasteiger partial charge >= 0.3 is 0 Å². The molecule has 1 saturated carbocycles. The third kappa shape index (κ3) is 3.97. The summed E-state index contributed by atoms with van der Waals surface area (Å²) in [6.07, 6.45) is 6.26. The van der Waals surface area contributed by atoms with Crippen molar-refractivity contribution in [2.75, 3.05) is 6.54 Å². The van der Waals surface area contributed by atoms with Crippen molar-refractivity contribution in [1.29, 1.82) is 0 Å². The van der Waals surface area contributed by atoms with Crippen LogP contribution in [0.25, 0.3) is 0 Å². The Balaban J connectivity index is 1.90. The molecule has 0 bridgehead atoms. The second-order valence-corrected chi connectivity index (χ2v) is 5.61. The third-order valence-electron chi connectivity index (χ3n) is 4.16. The molecule has 1 fully saturated rings. The van der Waals surface area contributed by atoms with Crippen LogP contribution >= 0.6 is 0 Å². The summed E-state index contributed by atoms with van der Waals surface area (Å²) < 4.78 is 0. The molecule has 0 radical (unpaired) electrons. The van der Waals surface area contributed by atoms with E-state index in [1.165, 1.54) is 19.3 Å². The lowest BCUT2D eigenvalue weighted by Crippen LogP contribution is -2.46. The summed E-state index contributed by atoms with van der Waals surface area (Å²) in [5, 5.41) is 12.7. The first-order valence-electron chi connectivity index (χ1n) is 7.47. The molecule has 1 aliphatic carbocycles. The molecular formula is C16H24N2O2. The zero-order valence-corrected chi connectivity index (χ0v) is 11.8. The predicted octanol–water partition coefficient (Wildman–Crippen LogP) is 1.96. The van der Waals surface area contributed by atoms with E-state index in [0.29, 0.717) is 18.0 Å². The van der Waals surface area contributed by atoms with Crippen LogP contribution in [0.1, 0.15) is 37.7 Å². The van der Waals surface area contributed by atoms with Gasteiger partial charge in [0.15, 0.2) is 0 Å². The number of phenolic OH excluding ortho intramolecular Hbond substituents is 1. The molecule has 0 saturated heterocycles. The molecule has 0 aromatic heterocycles. The van der Waals surface area contributed by atoms with E-state index in [1.54, 1.807) is 18.2 Å². The second-order valence-electron chi connectivity index (χ2n) is 5.61. The normalized spacial score (nSPS) is 17.6. The molecular weight excluding hydrogens is 252 g/mol. The Bertz CT molecular complexity index is 442. The molecule has 4 heteroatoms. The molecule has 1 aliphatic rings. The summed E-state index contributed by atoms with van der Waals surface area (Å²) in [7, 11) is 0. The second kappa shape index (κ2) is 7.29. The van der Waals surface area contributed by atoms with Crippen LogP contribution in [0.5, 0.6) is 5.75 Å². The summed E-state index contributed by atoms with van der Waals surface area (Å²) in [4.78, 5) is 12.1. The average Bonchev–Trinajstić information content (AvgIpc) is 2.48. The van der Waals surface area contributed by atoms with Crippen molar-refractivity contribution in [1.82, 2.24) is 5.32 Å². The van der Waals surface area contributed by atoms with E-state index in [2.05, 4.69) is 5.32 Å². The van der Waals surface area contributed by atoms with Crippen molar-refractivity contribution in [2.24, 2.45) is 11.7 Å². The smallest absolute Gasteiger partial charge is 0.224 e. The Kier molecular flexibility index (Phi) is 5.41. The summed E-state index contributed by atoms with van der Waals surface area (Å²) in [5.41, 5.74) is 6.47. The first-order chi connectivity index (χ1) is 9.70. The molecule has 2 rings (SSSR count). The van der Waals surface area contributed by atoms with Gasteiger partial charge in [-0.3, -0.25) is 4.79 Å². The fourth-order valence-electron chi connectivity index (χ4n) is 3.00. The van der Waals surface area contributed by atoms with Crippen LogP contribution in [-0.4, -0.2) is 23.6 Å². The lowest BCUT2D eigenvalue weighted by atomic mass is 9.84. The molecule has 0 spiro atoms. The van der Waals surface area contributed by atoms with Crippen molar-refractivity contribution < 1.29 is 9.90 Å². The van der Waals surface area contributed by atoms with Gasteiger partial charge in [0.2, 0.25) is 5.91 Å². The van der Waals surface area contributed by atoms with Gasteiger partial charge in [0.25, 0.3) is 0 Å². The molecule has 0 aliphatic heterocycles. The van der Waals surface area contributed by atoms with Gasteiger partial charge in [0.1, 0.15) is 5.75 Å². The highest BCUT2D eigenvalue weighted by Gasteiger charge is 2.24. The number of amides is 1. The quantitative estimate of drug-likeness (QED) is 0.769. The summed E-state index contributed by atoms with van der Waals surface area (Å²) in [6.45, 7) is 0.483. The van der Waals surface area contributed by atoms with Crippen LogP contribution in [0.4, 0.5) is 0 Å². The van der Waals surface area contributed by atoms with E-state index in [0.717, 1.165) is 12.8 Å². The molecule has 20 heavy (non-hydrogen) atoms. The van der Waals surface area contributed by atoms with Crippen LogP contribution in [0.15, 0.2) is 24.3 Å². The van der Waals surface area contributed by atoms with Crippen molar-refractivity contribution in [3.8, 4) is 5.75 Å². The molecule has 4 nitrogen and oxygen atoms in total. The number of aromatic hydroxyl groups is 1. The van der Waals surface area contributed by atoms with Crippen LogP contribution in [0.2, 0.25) is 0 Å². The molecule has 1 amide bonds. The number of nitrogens with one attached hydrogen (secondary N) is 1. The molecule has 1 unspecified atom stereocenters. The number of hydrogen-bond donors (Lipinski definition) is 3. The number of hydrogen-bond acceptors (Lipinski definition) is 3. The van der Waals surface area contributed by atoms with Crippen molar-refractivity contribution in [3.05, 3.63) is 29.8 Å². The van der Waals surface area contributed by atoms with Crippen LogP contribution in [0, 0.1) is 5.92 Å². The summed E-state index contributed by atoms with van der Waals surface area (Å²) >= 11 is 0. The minimum absolute atomic E-state index is 0.0625. The lowest BCUT2D eigenvalue weighted by molar-refractivity contribution is -0.121. The Morgan fingerprint density at radius 1 is 1.30 bits per heavy atom. The molecule has 4 N–H and O–H groups in total. The van der Waals surface area contributed by atoms with Gasteiger partial charge in [-0.05, 0) is 24.8 Å². The number of carbonyl (C=O) groups is 1. The van der Waals surface area contributed by atoms with E-state index in [-0.39, 0.29) is 24.1 Å². The van der Waals surface area contributed by atoms with E-state index >= 15 is 0 Å². The first kappa shape index (κ1) is 14.9. The standard InChI is InChI=1S/C16H24N2O2/c17-11-14(12-6-2-1-3-7-12)18-16(20)10-13-8-4-5-9-15(13)19/h4-5,8-9,12,14,19H,1-3,6-7,10-11,17H2,(H,18,20). The lowest BCUT2D eigenvalue weighted by Gasteiger charge is -2.30. The van der Waals surface area contributed by atoms with Gasteiger partial charge in [-0.1, -0.05) is 37.5 Å². The average molecular weight is 276 g/mol. The van der Waals surface area contributed by atoms with Gasteiger partial charge in [0.05, 0.1) is 6.42 Å². The van der Waals surface area contributed by atoms with Crippen molar-refractivity contribution in [2.45, 2.75) is 44.6 Å². The summed E-state index contributed by atoms with van der Waals surface area (Å²) in [6, 6.07) is 7.01. The monoisotopic (exact) mass is 276 g/mol. The van der Waals surface area contributed by atoms with E-state index < -0.39 is 0 Å². The zero-order valence-electron chi connectivity index (χ0n) is 11.8. The van der Waals surface area contributed by atoms with Gasteiger partial charge < -0.3 is 16.2 Å². The van der Waals surface area contributed by atoms with E-state index in [4.69, 9.17) is 5.73 Å². The van der Waals surface area contributed by atoms with Gasteiger partial charge in [-0.25, -0.2) is 0 Å². The maximum absolute atomic E-state index is 12.1. The van der Waals surface area contributed by atoms with E-state index in [9.17, 15) is 9.90 Å². The minimum atomic E-state index is -0.0625. The topological polar surface area (TPSA) is 75.3 Å². The van der Waals surface area contributed by atoms with Gasteiger partial charge in [-0.15, -0.1) is 0 Å². The fraction of sp³-hybridized carbons (Fsp3) is 0.562. The number of benzene rings is 1. The summed E-state index contributed by atoms with van der Waals surface area (Å²) in [5.74, 6) is 0.610. The number of rotatable bonds is 5. The van der Waals surface area contributed by atoms with Crippen molar-refractivity contribution in [3.63, 3.8) is 0 Å². The Morgan fingerprint density at radius 2 is 2.00 bits per heavy atom. The minimum Gasteiger partial charge on any atom is -0.508 e. The molecule has 1 aromatic rings. The SMILES string of the molecule is NCC(NC(=O)Cc1ccccc1O)C1CCCCC1. The van der Waals surface area contributed by atoms with Crippen LogP contribution in [0.3, 0.4) is 0 Å². The van der Waals surface area contributed by atoms with Crippen LogP contribution in [-0.2, 0) is 11.2 Å². The third-order valence-corrected chi connectivity index (χ3v) is 4.16. The largest absolute Gasteiger partial charge is 0.508 e. The fourth-order valence-corrected chi connectivity index (χ4v) is 3.00. The maximum Gasteiger partial charge on any atom is 0.224 e. The zero-order chi connectivity index (χ0) is 14.4. The maximum atomic E-state index is 12.1. The van der Waals surface area contributed by atoms with E-state index in [1.807, 2.05) is 6.07 Å². The highest BCUT2D eigenvalue weighted by molar-refractivity contribution is 5.79.